The molecule has 0 aliphatic rings. The van der Waals surface area contributed by atoms with Crippen LogP contribution in [0.4, 0.5) is 0 Å². The molecule has 0 saturated carbocycles. The van der Waals surface area contributed by atoms with E-state index in [1.165, 1.54) is 11.8 Å². The number of benzene rings is 2. The van der Waals surface area contributed by atoms with Crippen LogP contribution in [-0.4, -0.2) is 34.6 Å². The summed E-state index contributed by atoms with van der Waals surface area (Å²) in [4.78, 5) is 28.1. The van der Waals surface area contributed by atoms with Crippen LogP contribution in [-0.2, 0) is 16.1 Å². The molecule has 144 valence electrons. The summed E-state index contributed by atoms with van der Waals surface area (Å²) in [6.07, 6.45) is 0. The van der Waals surface area contributed by atoms with Crippen molar-refractivity contribution >= 4 is 39.5 Å². The van der Waals surface area contributed by atoms with Gasteiger partial charge >= 0.3 is 0 Å². The maximum atomic E-state index is 12.9. The van der Waals surface area contributed by atoms with Crippen molar-refractivity contribution in [3.63, 3.8) is 0 Å². The van der Waals surface area contributed by atoms with E-state index in [1.54, 1.807) is 11.8 Å². The first-order valence-electron chi connectivity index (χ1n) is 8.89. The van der Waals surface area contributed by atoms with Gasteiger partial charge in [0.2, 0.25) is 11.8 Å². The molecule has 1 N–H and O–H groups in total. The Bertz CT molecular complexity index is 751. The molecular formula is C21H25BrN2O2S. The Morgan fingerprint density at radius 1 is 1.04 bits per heavy atom. The lowest BCUT2D eigenvalue weighted by Crippen LogP contribution is -2.49. The Morgan fingerprint density at radius 3 is 2.26 bits per heavy atom. The molecular weight excluding hydrogens is 424 g/mol. The largest absolute Gasteiger partial charge is 0.352 e. The Morgan fingerprint density at radius 2 is 1.67 bits per heavy atom. The van der Waals surface area contributed by atoms with Gasteiger partial charge in [-0.2, -0.15) is 0 Å². The summed E-state index contributed by atoms with van der Waals surface area (Å²) in [5, 5.41) is 2.90. The Kier molecular flexibility index (Phi) is 8.38. The summed E-state index contributed by atoms with van der Waals surface area (Å²) in [5.74, 6) is 0.0955. The number of rotatable bonds is 8. The van der Waals surface area contributed by atoms with Crippen molar-refractivity contribution in [1.29, 1.82) is 0 Å². The average Bonchev–Trinajstić information content (AvgIpc) is 2.65. The van der Waals surface area contributed by atoms with Gasteiger partial charge in [-0.3, -0.25) is 9.59 Å². The van der Waals surface area contributed by atoms with Crippen LogP contribution in [0.15, 0.2) is 64.0 Å². The molecule has 0 radical (unpaired) electrons. The molecule has 27 heavy (non-hydrogen) atoms. The van der Waals surface area contributed by atoms with Crippen LogP contribution in [0.1, 0.15) is 26.3 Å². The van der Waals surface area contributed by atoms with Crippen molar-refractivity contribution in [1.82, 2.24) is 10.2 Å². The highest BCUT2D eigenvalue weighted by Gasteiger charge is 2.26. The second-order valence-electron chi connectivity index (χ2n) is 6.59. The summed E-state index contributed by atoms with van der Waals surface area (Å²) >= 11 is 4.91. The first-order valence-corrected chi connectivity index (χ1v) is 10.7. The molecule has 0 aromatic heterocycles. The van der Waals surface area contributed by atoms with Crippen LogP contribution in [0.2, 0.25) is 0 Å². The van der Waals surface area contributed by atoms with Crippen molar-refractivity contribution in [3.8, 4) is 0 Å². The molecule has 0 bridgehead atoms. The first kappa shape index (κ1) is 21.5. The molecule has 2 aromatic carbocycles. The molecule has 0 aliphatic carbocycles. The van der Waals surface area contributed by atoms with Crippen molar-refractivity contribution in [2.45, 2.75) is 44.3 Å². The lowest BCUT2D eigenvalue weighted by atomic mass is 10.1. The third-order valence-corrected chi connectivity index (χ3v) is 5.50. The van der Waals surface area contributed by atoms with Crippen molar-refractivity contribution < 1.29 is 9.59 Å². The highest BCUT2D eigenvalue weighted by molar-refractivity contribution is 9.10. The highest BCUT2D eigenvalue weighted by atomic mass is 79.9. The van der Waals surface area contributed by atoms with Gasteiger partial charge in [0, 0.05) is 22.0 Å². The quantitative estimate of drug-likeness (QED) is 0.605. The van der Waals surface area contributed by atoms with Gasteiger partial charge in [-0.05, 0) is 50.6 Å². The fraction of sp³-hybridized carbons (Fsp3) is 0.333. The van der Waals surface area contributed by atoms with Gasteiger partial charge in [0.25, 0.3) is 0 Å². The second kappa shape index (κ2) is 10.5. The number of hydrogen-bond acceptors (Lipinski definition) is 3. The minimum atomic E-state index is -0.542. The van der Waals surface area contributed by atoms with Crippen LogP contribution in [0, 0.1) is 0 Å². The maximum Gasteiger partial charge on any atom is 0.242 e. The molecule has 0 heterocycles. The number of carbonyl (C=O) groups is 2. The number of halogens is 1. The summed E-state index contributed by atoms with van der Waals surface area (Å²) in [6.45, 7) is 6.00. The van der Waals surface area contributed by atoms with Crippen LogP contribution in [0.5, 0.6) is 0 Å². The molecule has 4 nitrogen and oxygen atoms in total. The summed E-state index contributed by atoms with van der Waals surface area (Å²) in [5.41, 5.74) is 0.987. The first-order chi connectivity index (χ1) is 12.9. The summed E-state index contributed by atoms with van der Waals surface area (Å²) < 4.78 is 0.981. The van der Waals surface area contributed by atoms with E-state index in [-0.39, 0.29) is 17.9 Å². The van der Waals surface area contributed by atoms with E-state index in [0.717, 1.165) is 14.9 Å². The van der Waals surface area contributed by atoms with E-state index in [0.29, 0.717) is 12.3 Å². The van der Waals surface area contributed by atoms with Crippen molar-refractivity contribution in [2.24, 2.45) is 0 Å². The molecule has 2 rings (SSSR count). The highest BCUT2D eigenvalue weighted by Crippen LogP contribution is 2.20. The fourth-order valence-corrected chi connectivity index (χ4v) is 3.59. The fourth-order valence-electron chi connectivity index (χ4n) is 2.52. The van der Waals surface area contributed by atoms with E-state index in [2.05, 4.69) is 21.2 Å². The van der Waals surface area contributed by atoms with Crippen molar-refractivity contribution in [3.05, 3.63) is 64.6 Å². The van der Waals surface area contributed by atoms with E-state index >= 15 is 0 Å². The number of thioether (sulfide) groups is 1. The molecule has 0 saturated heterocycles. The zero-order valence-corrected chi connectivity index (χ0v) is 18.2. The van der Waals surface area contributed by atoms with Crippen molar-refractivity contribution in [2.75, 3.05) is 5.75 Å². The molecule has 0 spiro atoms. The average molecular weight is 449 g/mol. The van der Waals surface area contributed by atoms with E-state index < -0.39 is 6.04 Å². The van der Waals surface area contributed by atoms with Crippen LogP contribution in [0.3, 0.4) is 0 Å². The Balaban J connectivity index is 2.12. The monoisotopic (exact) mass is 448 g/mol. The van der Waals surface area contributed by atoms with Gasteiger partial charge in [0.05, 0.1) is 5.75 Å². The molecule has 0 fully saturated rings. The second-order valence-corrected chi connectivity index (χ2v) is 8.55. The van der Waals surface area contributed by atoms with E-state index in [1.807, 2.05) is 68.4 Å². The van der Waals surface area contributed by atoms with Gasteiger partial charge in [-0.15, -0.1) is 11.8 Å². The number of hydrogen-bond donors (Lipinski definition) is 1. The van der Waals surface area contributed by atoms with Gasteiger partial charge in [0.15, 0.2) is 0 Å². The standard InChI is InChI=1S/C21H25BrN2O2S/c1-15(2)23-21(26)16(3)24(13-17-9-11-18(22)12-10-17)20(25)14-27-19-7-5-4-6-8-19/h4-12,15-16H,13-14H2,1-3H3,(H,23,26)/t16-/m0/s1. The lowest BCUT2D eigenvalue weighted by Gasteiger charge is -2.29. The predicted molar refractivity (Wildman–Crippen MR) is 115 cm³/mol. The van der Waals surface area contributed by atoms with Crippen LogP contribution >= 0.6 is 27.7 Å². The summed E-state index contributed by atoms with van der Waals surface area (Å²) in [6, 6.07) is 17.1. The van der Waals surface area contributed by atoms with E-state index in [4.69, 9.17) is 0 Å². The summed E-state index contributed by atoms with van der Waals surface area (Å²) in [7, 11) is 0. The molecule has 0 unspecified atom stereocenters. The third-order valence-electron chi connectivity index (χ3n) is 3.97. The zero-order valence-electron chi connectivity index (χ0n) is 15.8. The number of nitrogens with zero attached hydrogens (tertiary/aromatic N) is 1. The predicted octanol–water partition coefficient (Wildman–Crippen LogP) is 4.48. The molecule has 2 aromatic rings. The van der Waals surface area contributed by atoms with E-state index in [9.17, 15) is 9.59 Å². The number of nitrogens with one attached hydrogen (secondary N) is 1. The Hall–Kier alpha value is -1.79. The minimum Gasteiger partial charge on any atom is -0.352 e. The smallest absolute Gasteiger partial charge is 0.242 e. The Labute approximate surface area is 173 Å². The van der Waals surface area contributed by atoms with Crippen LogP contribution < -0.4 is 5.32 Å². The van der Waals surface area contributed by atoms with Gasteiger partial charge in [-0.1, -0.05) is 46.3 Å². The lowest BCUT2D eigenvalue weighted by molar-refractivity contribution is -0.138. The normalized spacial score (nSPS) is 11.9. The zero-order chi connectivity index (χ0) is 19.8. The third kappa shape index (κ3) is 7.03. The SMILES string of the molecule is CC(C)NC(=O)[C@H](C)N(Cc1ccc(Br)cc1)C(=O)CSc1ccccc1. The molecule has 6 heteroatoms. The number of carbonyl (C=O) groups excluding carboxylic acids is 2. The molecule has 0 aliphatic heterocycles. The molecule has 2 amide bonds. The van der Waals surface area contributed by atoms with Gasteiger partial charge in [-0.25, -0.2) is 0 Å². The van der Waals surface area contributed by atoms with Crippen LogP contribution in [0.25, 0.3) is 0 Å². The van der Waals surface area contributed by atoms with Gasteiger partial charge < -0.3 is 10.2 Å². The van der Waals surface area contributed by atoms with Gasteiger partial charge in [0.1, 0.15) is 6.04 Å². The minimum absolute atomic E-state index is 0.0308. The molecule has 1 atom stereocenters. The number of amides is 2. The maximum absolute atomic E-state index is 12.9. The topological polar surface area (TPSA) is 49.4 Å².